The van der Waals surface area contributed by atoms with Gasteiger partial charge in [0, 0.05) is 28.7 Å². The number of allylic oxidation sites excluding steroid dienone is 4. The van der Waals surface area contributed by atoms with E-state index in [2.05, 4.69) is 257 Å². The van der Waals surface area contributed by atoms with Crippen LogP contribution in [-0.4, -0.2) is 9.55 Å². The third kappa shape index (κ3) is 6.50. The lowest BCUT2D eigenvalue weighted by Gasteiger charge is -2.34. The van der Waals surface area contributed by atoms with Gasteiger partial charge in [0.05, 0.1) is 16.4 Å². The monoisotopic (exact) mass is 865 g/mol. The summed E-state index contributed by atoms with van der Waals surface area (Å²) in [5, 5.41) is 0. The quantitative estimate of drug-likeness (QED) is 0.166. The van der Waals surface area contributed by atoms with Crippen molar-refractivity contribution in [2.45, 2.75) is 70.1 Å². The van der Waals surface area contributed by atoms with Crippen molar-refractivity contribution in [2.24, 2.45) is 0 Å². The van der Waals surface area contributed by atoms with Gasteiger partial charge in [0.15, 0.2) is 0 Å². The van der Waals surface area contributed by atoms with E-state index in [1.165, 1.54) is 66.8 Å². The van der Waals surface area contributed by atoms with Crippen LogP contribution in [0.5, 0.6) is 0 Å². The highest BCUT2D eigenvalue weighted by molar-refractivity contribution is 5.97. The van der Waals surface area contributed by atoms with Crippen molar-refractivity contribution in [3.05, 3.63) is 251 Å². The maximum atomic E-state index is 5.26. The Balaban J connectivity index is 1.06. The molecule has 1 heterocycles. The first-order valence-corrected chi connectivity index (χ1v) is 23.9. The second-order valence-electron chi connectivity index (χ2n) is 20.8. The number of hydrogen-bond donors (Lipinski definition) is 0. The minimum atomic E-state index is -0.565. The van der Waals surface area contributed by atoms with Gasteiger partial charge in [0.25, 0.3) is 0 Å². The summed E-state index contributed by atoms with van der Waals surface area (Å²) in [6.07, 6.45) is 8.03. The van der Waals surface area contributed by atoms with Gasteiger partial charge in [-0.25, -0.2) is 4.98 Å². The zero-order valence-electron chi connectivity index (χ0n) is 39.3. The molecule has 3 aliphatic carbocycles. The lowest BCUT2D eigenvalue weighted by Crippen LogP contribution is -2.28. The molecule has 12 rings (SSSR count). The number of nitrogens with zero attached hydrogens (tertiary/aromatic N) is 3. The van der Waals surface area contributed by atoms with Gasteiger partial charge in [0.2, 0.25) is 0 Å². The van der Waals surface area contributed by atoms with Gasteiger partial charge in [0.1, 0.15) is 5.82 Å². The van der Waals surface area contributed by atoms with Gasteiger partial charge in [-0.2, -0.15) is 0 Å². The van der Waals surface area contributed by atoms with E-state index in [0.29, 0.717) is 0 Å². The standard InChI is InChI=1S/C64H55N3/c1-62(2,3)45-31-35-52-53-36-32-46(63(4,5)6)40-57(53)64(56(52)39-45)55-38-44(42-26-28-43(29-27-42)61-65-59-24-16-17-25-60(59)67(61)49-22-14-9-15-23-49)30-34-51(55)54-37-33-50(41-58(54)64)66(47-18-10-7-11-19-47)48-20-12-8-13-21-48/h7-28,30-41,43H,29H2,1-6H3. The van der Waals surface area contributed by atoms with Crippen molar-refractivity contribution in [1.29, 1.82) is 0 Å². The summed E-state index contributed by atoms with van der Waals surface area (Å²) >= 11 is 0. The Morgan fingerprint density at radius 1 is 0.507 bits per heavy atom. The summed E-state index contributed by atoms with van der Waals surface area (Å²) in [6.45, 7) is 14.1. The molecule has 1 atom stereocenters. The van der Waals surface area contributed by atoms with E-state index in [9.17, 15) is 0 Å². The van der Waals surface area contributed by atoms with Crippen LogP contribution in [0.15, 0.2) is 206 Å². The zero-order chi connectivity index (χ0) is 45.7. The van der Waals surface area contributed by atoms with E-state index in [1.807, 2.05) is 0 Å². The second kappa shape index (κ2) is 15.3. The van der Waals surface area contributed by atoms with Gasteiger partial charge >= 0.3 is 0 Å². The molecule has 3 heteroatoms. The molecule has 1 unspecified atom stereocenters. The lowest BCUT2D eigenvalue weighted by molar-refractivity contribution is 0.586. The highest BCUT2D eigenvalue weighted by Crippen LogP contribution is 2.64. The minimum absolute atomic E-state index is 0.0394. The molecule has 3 aliphatic rings. The van der Waals surface area contributed by atoms with Crippen molar-refractivity contribution in [2.75, 3.05) is 4.90 Å². The SMILES string of the molecule is CC(C)(C)c1ccc2c(c1)C1(c3cc(C4=CCC(c5nc6ccccc6n5-c5ccccc5)C=C4)ccc3-c3ccc(N(c4ccccc4)c4ccccc4)cc31)c1cc(C(C)(C)C)ccc1-2. The molecule has 3 nitrogen and oxygen atoms in total. The first-order chi connectivity index (χ1) is 32.5. The van der Waals surface area contributed by atoms with E-state index in [-0.39, 0.29) is 16.7 Å². The first-order valence-electron chi connectivity index (χ1n) is 23.9. The number of fused-ring (bicyclic) bond motifs is 11. The van der Waals surface area contributed by atoms with Crippen molar-refractivity contribution in [1.82, 2.24) is 9.55 Å². The van der Waals surface area contributed by atoms with Crippen molar-refractivity contribution in [3.63, 3.8) is 0 Å². The first kappa shape index (κ1) is 41.0. The van der Waals surface area contributed by atoms with Crippen LogP contribution in [0.3, 0.4) is 0 Å². The Bertz CT molecular complexity index is 3340. The third-order valence-electron chi connectivity index (χ3n) is 14.6. The Morgan fingerprint density at radius 3 is 1.58 bits per heavy atom. The van der Waals surface area contributed by atoms with Crippen LogP contribution in [0.2, 0.25) is 0 Å². The Hall–Kier alpha value is -7.49. The summed E-state index contributed by atoms with van der Waals surface area (Å²) in [4.78, 5) is 7.67. The van der Waals surface area contributed by atoms with Crippen LogP contribution in [-0.2, 0) is 16.2 Å². The van der Waals surface area contributed by atoms with E-state index < -0.39 is 5.41 Å². The predicted molar refractivity (Wildman–Crippen MR) is 280 cm³/mol. The summed E-state index contributed by atoms with van der Waals surface area (Å²) in [5.41, 5.74) is 21.9. The fourth-order valence-corrected chi connectivity index (χ4v) is 11.2. The molecule has 0 bridgehead atoms. The molecule has 67 heavy (non-hydrogen) atoms. The van der Waals surface area contributed by atoms with Crippen molar-refractivity contribution >= 4 is 33.7 Å². The molecule has 0 N–H and O–H groups in total. The maximum Gasteiger partial charge on any atom is 0.121 e. The fourth-order valence-electron chi connectivity index (χ4n) is 11.2. The lowest BCUT2D eigenvalue weighted by atomic mass is 9.68. The molecule has 0 amide bonds. The molecule has 0 aliphatic heterocycles. The smallest absolute Gasteiger partial charge is 0.121 e. The molecule has 8 aromatic carbocycles. The highest BCUT2D eigenvalue weighted by Gasteiger charge is 2.53. The van der Waals surface area contributed by atoms with E-state index in [4.69, 9.17) is 4.98 Å². The predicted octanol–water partition coefficient (Wildman–Crippen LogP) is 16.6. The summed E-state index contributed by atoms with van der Waals surface area (Å²) in [5.74, 6) is 1.21. The number of para-hydroxylation sites is 5. The molecular weight excluding hydrogens is 811 g/mol. The van der Waals surface area contributed by atoms with Crippen molar-refractivity contribution < 1.29 is 0 Å². The molecule has 326 valence electrons. The van der Waals surface area contributed by atoms with Crippen LogP contribution >= 0.6 is 0 Å². The van der Waals surface area contributed by atoms with Crippen LogP contribution in [0.4, 0.5) is 17.1 Å². The Morgan fingerprint density at radius 2 is 1.01 bits per heavy atom. The molecular formula is C64H55N3. The summed E-state index contributed by atoms with van der Waals surface area (Å²) in [7, 11) is 0. The molecule has 0 saturated heterocycles. The topological polar surface area (TPSA) is 21.1 Å². The number of hydrogen-bond acceptors (Lipinski definition) is 2. The van der Waals surface area contributed by atoms with Gasteiger partial charge < -0.3 is 4.90 Å². The maximum absolute atomic E-state index is 5.26. The second-order valence-corrected chi connectivity index (χ2v) is 20.8. The Labute approximate surface area is 395 Å². The molecule has 1 aromatic heterocycles. The molecule has 9 aromatic rings. The average Bonchev–Trinajstić information content (AvgIpc) is 3.98. The van der Waals surface area contributed by atoms with E-state index in [1.54, 1.807) is 0 Å². The van der Waals surface area contributed by atoms with E-state index >= 15 is 0 Å². The Kier molecular flexibility index (Phi) is 9.35. The normalized spacial score (nSPS) is 15.6. The van der Waals surface area contributed by atoms with Crippen LogP contribution in [0, 0.1) is 0 Å². The van der Waals surface area contributed by atoms with E-state index in [0.717, 1.165) is 46.0 Å². The number of aromatic nitrogens is 2. The van der Waals surface area contributed by atoms with Crippen LogP contribution < -0.4 is 4.90 Å². The van der Waals surface area contributed by atoms with Gasteiger partial charge in [-0.15, -0.1) is 0 Å². The molecule has 0 radical (unpaired) electrons. The highest BCUT2D eigenvalue weighted by atomic mass is 15.1. The molecule has 1 spiro atoms. The molecule has 0 saturated carbocycles. The number of rotatable bonds is 6. The van der Waals surface area contributed by atoms with Crippen LogP contribution in [0.25, 0.3) is 44.5 Å². The number of anilines is 3. The molecule has 0 fully saturated rings. The summed E-state index contributed by atoms with van der Waals surface area (Å²) in [6, 6.07) is 70.1. The van der Waals surface area contributed by atoms with Gasteiger partial charge in [-0.05, 0) is 151 Å². The number of benzene rings is 8. The number of imidazole rings is 1. The van der Waals surface area contributed by atoms with Crippen LogP contribution in [0.1, 0.15) is 98.6 Å². The fraction of sp³-hybridized carbons (Fsp3) is 0.172. The largest absolute Gasteiger partial charge is 0.310 e. The zero-order valence-corrected chi connectivity index (χ0v) is 39.3. The minimum Gasteiger partial charge on any atom is -0.310 e. The summed E-state index contributed by atoms with van der Waals surface area (Å²) < 4.78 is 2.34. The third-order valence-corrected chi connectivity index (χ3v) is 14.6. The van der Waals surface area contributed by atoms with Gasteiger partial charge in [-0.3, -0.25) is 4.57 Å². The van der Waals surface area contributed by atoms with Crippen molar-refractivity contribution in [3.8, 4) is 27.9 Å². The van der Waals surface area contributed by atoms with Gasteiger partial charge in [-0.1, -0.05) is 181 Å². The average molecular weight is 866 g/mol.